The molecular formula is C14H20ClN3O3. The Morgan fingerprint density at radius 3 is 2.76 bits per heavy atom. The largest absolute Gasteiger partial charge is 0.378 e. The molecule has 1 aromatic rings. The van der Waals surface area contributed by atoms with E-state index >= 15 is 0 Å². The molecule has 0 saturated carbocycles. The van der Waals surface area contributed by atoms with Crippen molar-refractivity contribution in [2.75, 3.05) is 31.1 Å². The number of anilines is 1. The smallest absolute Gasteiger partial charge is 0.294 e. The Morgan fingerprint density at radius 2 is 2.14 bits per heavy atom. The van der Waals surface area contributed by atoms with Crippen LogP contribution in [0.2, 0.25) is 5.02 Å². The van der Waals surface area contributed by atoms with Gasteiger partial charge in [-0.05, 0) is 31.9 Å². The Morgan fingerprint density at radius 1 is 1.43 bits per heavy atom. The van der Waals surface area contributed by atoms with Crippen molar-refractivity contribution in [3.05, 3.63) is 33.3 Å². The average molecular weight is 314 g/mol. The molecule has 21 heavy (non-hydrogen) atoms. The number of piperidine rings is 1. The van der Waals surface area contributed by atoms with Crippen molar-refractivity contribution in [3.63, 3.8) is 0 Å². The van der Waals surface area contributed by atoms with E-state index in [1.165, 1.54) is 6.07 Å². The third-order valence-corrected chi connectivity index (χ3v) is 3.93. The van der Waals surface area contributed by atoms with Gasteiger partial charge in [-0.1, -0.05) is 17.7 Å². The number of para-hydroxylation sites is 1. The molecule has 2 N–H and O–H groups in total. The standard InChI is InChI=1S/C14H20ClN3O3/c15-12-3-1-4-13(18(19)20)14(12)17-8-5-11(6-9-17)21-10-2-7-16/h1,3-4,11H,2,5-10,16H2. The molecule has 2 rings (SSSR count). The summed E-state index contributed by atoms with van der Waals surface area (Å²) in [5.41, 5.74) is 6.02. The molecule has 7 heteroatoms. The van der Waals surface area contributed by atoms with Crippen molar-refractivity contribution in [1.29, 1.82) is 0 Å². The summed E-state index contributed by atoms with van der Waals surface area (Å²) in [6, 6.07) is 4.78. The number of nitrogens with two attached hydrogens (primary N) is 1. The number of benzene rings is 1. The molecular weight excluding hydrogens is 294 g/mol. The molecule has 1 aromatic carbocycles. The molecule has 1 aliphatic rings. The molecule has 1 fully saturated rings. The van der Waals surface area contributed by atoms with Gasteiger partial charge in [-0.25, -0.2) is 0 Å². The SMILES string of the molecule is NCCCOC1CCN(c2c(Cl)cccc2[N+](=O)[O-])CC1. The van der Waals surface area contributed by atoms with Gasteiger partial charge in [0.2, 0.25) is 0 Å². The van der Waals surface area contributed by atoms with Crippen molar-refractivity contribution in [1.82, 2.24) is 0 Å². The highest BCUT2D eigenvalue weighted by Gasteiger charge is 2.27. The molecule has 0 unspecified atom stereocenters. The Balaban J connectivity index is 2.01. The maximum absolute atomic E-state index is 11.1. The molecule has 0 radical (unpaired) electrons. The van der Waals surface area contributed by atoms with Gasteiger partial charge >= 0.3 is 0 Å². The third-order valence-electron chi connectivity index (χ3n) is 3.62. The number of ether oxygens (including phenoxy) is 1. The molecule has 1 aliphatic heterocycles. The fourth-order valence-electron chi connectivity index (χ4n) is 2.54. The van der Waals surface area contributed by atoms with Gasteiger partial charge < -0.3 is 15.4 Å². The molecule has 0 aliphatic carbocycles. The van der Waals surface area contributed by atoms with Crippen LogP contribution in [-0.4, -0.2) is 37.3 Å². The number of halogens is 1. The predicted octanol–water partition coefficient (Wildman–Crippen LogP) is 2.58. The van der Waals surface area contributed by atoms with Crippen LogP contribution in [0.15, 0.2) is 18.2 Å². The van der Waals surface area contributed by atoms with Gasteiger partial charge in [0, 0.05) is 25.8 Å². The molecule has 0 amide bonds. The van der Waals surface area contributed by atoms with E-state index in [1.807, 2.05) is 4.90 Å². The van der Waals surface area contributed by atoms with E-state index in [2.05, 4.69) is 0 Å². The van der Waals surface area contributed by atoms with E-state index in [0.717, 1.165) is 19.3 Å². The van der Waals surface area contributed by atoms with Gasteiger partial charge in [-0.3, -0.25) is 10.1 Å². The summed E-state index contributed by atoms with van der Waals surface area (Å²) in [5.74, 6) is 0. The Labute approximate surface area is 129 Å². The first kappa shape index (κ1) is 16.0. The highest BCUT2D eigenvalue weighted by molar-refractivity contribution is 6.33. The number of hydrogen-bond acceptors (Lipinski definition) is 5. The lowest BCUT2D eigenvalue weighted by atomic mass is 10.1. The molecule has 0 bridgehead atoms. The summed E-state index contributed by atoms with van der Waals surface area (Å²) in [6.45, 7) is 2.72. The summed E-state index contributed by atoms with van der Waals surface area (Å²) in [6.07, 6.45) is 2.74. The topological polar surface area (TPSA) is 81.6 Å². The number of hydrogen-bond donors (Lipinski definition) is 1. The fraction of sp³-hybridized carbons (Fsp3) is 0.571. The summed E-state index contributed by atoms with van der Waals surface area (Å²) >= 11 is 6.15. The number of rotatable bonds is 6. The van der Waals surface area contributed by atoms with Gasteiger partial charge in [-0.2, -0.15) is 0 Å². The second-order valence-electron chi connectivity index (χ2n) is 5.06. The van der Waals surface area contributed by atoms with E-state index < -0.39 is 0 Å². The Kier molecular flexibility index (Phi) is 5.78. The van der Waals surface area contributed by atoms with E-state index in [1.54, 1.807) is 12.1 Å². The van der Waals surface area contributed by atoms with Crippen LogP contribution in [0.5, 0.6) is 0 Å². The van der Waals surface area contributed by atoms with Crippen LogP contribution in [0, 0.1) is 10.1 Å². The van der Waals surface area contributed by atoms with Crippen molar-refractivity contribution in [2.24, 2.45) is 5.73 Å². The molecule has 6 nitrogen and oxygen atoms in total. The third kappa shape index (κ3) is 4.06. The predicted molar refractivity (Wildman–Crippen MR) is 83.0 cm³/mol. The lowest BCUT2D eigenvalue weighted by Crippen LogP contribution is -2.37. The van der Waals surface area contributed by atoms with Gasteiger partial charge in [0.15, 0.2) is 0 Å². The molecule has 116 valence electrons. The second-order valence-corrected chi connectivity index (χ2v) is 5.47. The van der Waals surface area contributed by atoms with E-state index in [0.29, 0.717) is 37.0 Å². The fourth-order valence-corrected chi connectivity index (χ4v) is 2.83. The van der Waals surface area contributed by atoms with E-state index in [4.69, 9.17) is 22.1 Å². The van der Waals surface area contributed by atoms with Crippen LogP contribution in [0.25, 0.3) is 0 Å². The summed E-state index contributed by atoms with van der Waals surface area (Å²) < 4.78 is 5.74. The summed E-state index contributed by atoms with van der Waals surface area (Å²) in [4.78, 5) is 12.7. The van der Waals surface area contributed by atoms with Gasteiger partial charge in [0.1, 0.15) is 5.69 Å². The summed E-state index contributed by atoms with van der Waals surface area (Å²) in [5, 5.41) is 11.6. The normalized spacial score (nSPS) is 16.2. The summed E-state index contributed by atoms with van der Waals surface area (Å²) in [7, 11) is 0. The van der Waals surface area contributed by atoms with Crippen molar-refractivity contribution in [2.45, 2.75) is 25.4 Å². The molecule has 1 heterocycles. The monoisotopic (exact) mass is 313 g/mol. The lowest BCUT2D eigenvalue weighted by Gasteiger charge is -2.33. The Hall–Kier alpha value is -1.37. The highest BCUT2D eigenvalue weighted by atomic mass is 35.5. The van der Waals surface area contributed by atoms with Crippen LogP contribution < -0.4 is 10.6 Å². The van der Waals surface area contributed by atoms with Crippen LogP contribution in [-0.2, 0) is 4.74 Å². The maximum Gasteiger partial charge on any atom is 0.294 e. The van der Waals surface area contributed by atoms with Gasteiger partial charge in [0.05, 0.1) is 16.0 Å². The van der Waals surface area contributed by atoms with Crippen LogP contribution in [0.4, 0.5) is 11.4 Å². The first-order valence-electron chi connectivity index (χ1n) is 7.13. The van der Waals surface area contributed by atoms with Crippen LogP contribution >= 0.6 is 11.6 Å². The first-order valence-corrected chi connectivity index (χ1v) is 7.50. The van der Waals surface area contributed by atoms with Gasteiger partial charge in [0.25, 0.3) is 5.69 Å². The van der Waals surface area contributed by atoms with Crippen LogP contribution in [0.3, 0.4) is 0 Å². The zero-order valence-corrected chi connectivity index (χ0v) is 12.6. The minimum absolute atomic E-state index is 0.0602. The zero-order chi connectivity index (χ0) is 15.2. The molecule has 0 atom stereocenters. The number of nitro benzene ring substituents is 1. The van der Waals surface area contributed by atoms with Crippen molar-refractivity contribution < 1.29 is 9.66 Å². The van der Waals surface area contributed by atoms with Crippen LogP contribution in [0.1, 0.15) is 19.3 Å². The van der Waals surface area contributed by atoms with E-state index in [-0.39, 0.29) is 16.7 Å². The second kappa shape index (κ2) is 7.59. The highest BCUT2D eigenvalue weighted by Crippen LogP contribution is 2.36. The minimum Gasteiger partial charge on any atom is -0.378 e. The minimum atomic E-state index is -0.384. The molecule has 1 saturated heterocycles. The van der Waals surface area contributed by atoms with E-state index in [9.17, 15) is 10.1 Å². The van der Waals surface area contributed by atoms with Crippen molar-refractivity contribution >= 4 is 23.0 Å². The number of nitrogens with zero attached hydrogens (tertiary/aromatic N) is 2. The quantitative estimate of drug-likeness (QED) is 0.496. The average Bonchev–Trinajstić information content (AvgIpc) is 2.48. The van der Waals surface area contributed by atoms with Crippen molar-refractivity contribution in [3.8, 4) is 0 Å². The first-order chi connectivity index (χ1) is 10.1. The van der Waals surface area contributed by atoms with Gasteiger partial charge in [-0.15, -0.1) is 0 Å². The molecule has 0 spiro atoms. The zero-order valence-electron chi connectivity index (χ0n) is 11.8. The number of nitro groups is 1. The lowest BCUT2D eigenvalue weighted by molar-refractivity contribution is -0.384. The molecule has 0 aromatic heterocycles. The Bertz CT molecular complexity index is 490. The maximum atomic E-state index is 11.1.